The molecule has 3 aromatic rings. The Bertz CT molecular complexity index is 959. The lowest BCUT2D eigenvalue weighted by Gasteiger charge is -2.10. The van der Waals surface area contributed by atoms with Gasteiger partial charge in [0.15, 0.2) is 5.82 Å². The van der Waals surface area contributed by atoms with Crippen molar-refractivity contribution in [2.24, 2.45) is 5.92 Å². The summed E-state index contributed by atoms with van der Waals surface area (Å²) in [7, 11) is 0. The number of aromatic carboxylic acids is 1. The highest BCUT2D eigenvalue weighted by Gasteiger charge is 2.13. The van der Waals surface area contributed by atoms with Crippen LogP contribution >= 0.6 is 0 Å². The smallest absolute Gasteiger partial charge is 0.336 e. The van der Waals surface area contributed by atoms with E-state index in [2.05, 4.69) is 20.8 Å². The molecule has 1 heterocycles. The molecule has 0 saturated carbocycles. The molecule has 2 aromatic carbocycles. The third-order valence-corrected chi connectivity index (χ3v) is 4.89. The SMILES string of the molecule is CCCCc1nc(CC(C)C)n(Cc2ccc(-c3ccccc3C(=O)O)cc2)n1. The van der Waals surface area contributed by atoms with Crippen molar-refractivity contribution in [1.29, 1.82) is 0 Å². The number of aryl methyl sites for hydroxylation is 1. The van der Waals surface area contributed by atoms with Crippen molar-refractivity contribution in [3.63, 3.8) is 0 Å². The van der Waals surface area contributed by atoms with Crippen molar-refractivity contribution in [2.45, 2.75) is 53.0 Å². The van der Waals surface area contributed by atoms with Crippen molar-refractivity contribution in [1.82, 2.24) is 14.8 Å². The molecule has 0 atom stereocenters. The van der Waals surface area contributed by atoms with E-state index in [9.17, 15) is 9.90 Å². The van der Waals surface area contributed by atoms with Crippen LogP contribution < -0.4 is 0 Å². The Morgan fingerprint density at radius 3 is 2.48 bits per heavy atom. The minimum absolute atomic E-state index is 0.316. The third kappa shape index (κ3) is 5.31. The maximum Gasteiger partial charge on any atom is 0.336 e. The molecule has 3 rings (SSSR count). The summed E-state index contributed by atoms with van der Waals surface area (Å²) in [6.45, 7) is 7.23. The van der Waals surface area contributed by atoms with Crippen LogP contribution in [0.2, 0.25) is 0 Å². The predicted molar refractivity (Wildman–Crippen MR) is 115 cm³/mol. The average molecular weight is 392 g/mol. The first-order valence-corrected chi connectivity index (χ1v) is 10.3. The molecule has 0 spiro atoms. The van der Waals surface area contributed by atoms with E-state index < -0.39 is 5.97 Å². The number of carboxylic acids is 1. The van der Waals surface area contributed by atoms with E-state index in [4.69, 9.17) is 10.1 Å². The number of hydrogen-bond acceptors (Lipinski definition) is 3. The van der Waals surface area contributed by atoms with E-state index in [1.54, 1.807) is 12.1 Å². The molecular weight excluding hydrogens is 362 g/mol. The Balaban J connectivity index is 1.83. The zero-order valence-electron chi connectivity index (χ0n) is 17.4. The Kier molecular flexibility index (Phi) is 6.81. The van der Waals surface area contributed by atoms with Crippen LogP contribution in [0.15, 0.2) is 48.5 Å². The van der Waals surface area contributed by atoms with Gasteiger partial charge in [0, 0.05) is 12.8 Å². The first-order chi connectivity index (χ1) is 14.0. The number of benzene rings is 2. The Hall–Kier alpha value is -2.95. The van der Waals surface area contributed by atoms with Gasteiger partial charge < -0.3 is 5.11 Å². The van der Waals surface area contributed by atoms with Crippen LogP contribution in [0.1, 0.15) is 61.2 Å². The van der Waals surface area contributed by atoms with Crippen LogP contribution in [-0.4, -0.2) is 25.8 Å². The molecule has 0 aliphatic rings. The lowest BCUT2D eigenvalue weighted by molar-refractivity contribution is 0.0697. The molecule has 29 heavy (non-hydrogen) atoms. The molecule has 0 fully saturated rings. The Morgan fingerprint density at radius 2 is 1.83 bits per heavy atom. The van der Waals surface area contributed by atoms with Gasteiger partial charge in [-0.2, -0.15) is 5.10 Å². The van der Waals surface area contributed by atoms with Gasteiger partial charge in [0.2, 0.25) is 0 Å². The summed E-state index contributed by atoms with van der Waals surface area (Å²) in [6, 6.07) is 15.1. The molecule has 0 saturated heterocycles. The fraction of sp³-hybridized carbons (Fsp3) is 0.375. The van der Waals surface area contributed by atoms with Crippen molar-refractivity contribution < 1.29 is 9.90 Å². The van der Waals surface area contributed by atoms with E-state index in [-0.39, 0.29) is 0 Å². The molecule has 0 unspecified atom stereocenters. The fourth-order valence-corrected chi connectivity index (χ4v) is 3.39. The minimum Gasteiger partial charge on any atom is -0.478 e. The summed E-state index contributed by atoms with van der Waals surface area (Å²) in [4.78, 5) is 16.3. The van der Waals surface area contributed by atoms with Crippen molar-refractivity contribution >= 4 is 5.97 Å². The number of carbonyl (C=O) groups is 1. The monoisotopic (exact) mass is 391 g/mol. The van der Waals surface area contributed by atoms with Gasteiger partial charge in [-0.15, -0.1) is 0 Å². The number of unbranched alkanes of at least 4 members (excludes halogenated alkanes) is 1. The van der Waals surface area contributed by atoms with Gasteiger partial charge in [0.05, 0.1) is 12.1 Å². The molecule has 0 radical (unpaired) electrons. The second kappa shape index (κ2) is 9.50. The number of aromatic nitrogens is 3. The van der Waals surface area contributed by atoms with Crippen LogP contribution in [0.5, 0.6) is 0 Å². The number of nitrogens with zero attached hydrogens (tertiary/aromatic N) is 3. The third-order valence-electron chi connectivity index (χ3n) is 4.89. The normalized spacial score (nSPS) is 11.2. The molecule has 5 heteroatoms. The first kappa shape index (κ1) is 20.8. The second-order valence-electron chi connectivity index (χ2n) is 7.85. The quantitative estimate of drug-likeness (QED) is 0.542. The molecule has 1 aromatic heterocycles. The van der Waals surface area contributed by atoms with Gasteiger partial charge in [-0.25, -0.2) is 14.5 Å². The topological polar surface area (TPSA) is 68.0 Å². The summed E-state index contributed by atoms with van der Waals surface area (Å²) in [5.74, 6) is 1.57. The highest BCUT2D eigenvalue weighted by molar-refractivity contribution is 5.95. The number of hydrogen-bond donors (Lipinski definition) is 1. The van der Waals surface area contributed by atoms with Crippen LogP contribution in [-0.2, 0) is 19.4 Å². The van der Waals surface area contributed by atoms with E-state index in [1.165, 1.54) is 0 Å². The van der Waals surface area contributed by atoms with E-state index in [1.807, 2.05) is 41.1 Å². The predicted octanol–water partition coefficient (Wildman–Crippen LogP) is 5.23. The maximum atomic E-state index is 11.5. The summed E-state index contributed by atoms with van der Waals surface area (Å²) >= 11 is 0. The molecule has 0 amide bonds. The molecule has 0 bridgehead atoms. The highest BCUT2D eigenvalue weighted by Crippen LogP contribution is 2.24. The van der Waals surface area contributed by atoms with Crippen LogP contribution in [0, 0.1) is 5.92 Å². The zero-order chi connectivity index (χ0) is 20.8. The Morgan fingerprint density at radius 1 is 1.10 bits per heavy atom. The maximum absolute atomic E-state index is 11.5. The van der Waals surface area contributed by atoms with E-state index in [0.717, 1.165) is 54.0 Å². The summed E-state index contributed by atoms with van der Waals surface area (Å²) in [5, 5.41) is 14.2. The standard InChI is InChI=1S/C24H29N3O2/c1-4-5-10-22-25-23(15-17(2)3)27(26-22)16-18-11-13-19(14-12-18)20-8-6-7-9-21(20)24(28)29/h6-9,11-14,17H,4-5,10,15-16H2,1-3H3,(H,28,29). The van der Waals surface area contributed by atoms with Crippen molar-refractivity contribution in [3.05, 3.63) is 71.3 Å². The van der Waals surface area contributed by atoms with Gasteiger partial charge in [0.25, 0.3) is 0 Å². The van der Waals surface area contributed by atoms with E-state index in [0.29, 0.717) is 18.0 Å². The minimum atomic E-state index is -0.912. The van der Waals surface area contributed by atoms with Crippen LogP contribution in [0.4, 0.5) is 0 Å². The molecular formula is C24H29N3O2. The van der Waals surface area contributed by atoms with Gasteiger partial charge >= 0.3 is 5.97 Å². The van der Waals surface area contributed by atoms with E-state index >= 15 is 0 Å². The highest BCUT2D eigenvalue weighted by atomic mass is 16.4. The second-order valence-corrected chi connectivity index (χ2v) is 7.85. The fourth-order valence-electron chi connectivity index (χ4n) is 3.39. The van der Waals surface area contributed by atoms with Crippen LogP contribution in [0.3, 0.4) is 0 Å². The Labute approximate surface area is 172 Å². The van der Waals surface area contributed by atoms with Gasteiger partial charge in [-0.3, -0.25) is 0 Å². The number of carboxylic acid groups (broad SMARTS) is 1. The summed E-state index contributed by atoms with van der Waals surface area (Å²) in [6.07, 6.45) is 4.05. The average Bonchev–Trinajstić information content (AvgIpc) is 3.07. The van der Waals surface area contributed by atoms with Crippen LogP contribution in [0.25, 0.3) is 11.1 Å². The van der Waals surface area contributed by atoms with Gasteiger partial charge in [-0.1, -0.05) is 69.7 Å². The first-order valence-electron chi connectivity index (χ1n) is 10.3. The van der Waals surface area contributed by atoms with Crippen molar-refractivity contribution in [3.8, 4) is 11.1 Å². The van der Waals surface area contributed by atoms with Gasteiger partial charge in [0.1, 0.15) is 5.82 Å². The lowest BCUT2D eigenvalue weighted by atomic mass is 9.99. The van der Waals surface area contributed by atoms with Gasteiger partial charge in [-0.05, 0) is 35.1 Å². The molecule has 5 nitrogen and oxygen atoms in total. The molecule has 0 aliphatic carbocycles. The molecule has 0 aliphatic heterocycles. The largest absolute Gasteiger partial charge is 0.478 e. The van der Waals surface area contributed by atoms with Crippen molar-refractivity contribution in [2.75, 3.05) is 0 Å². The lowest BCUT2D eigenvalue weighted by Crippen LogP contribution is -2.09. The number of rotatable bonds is 9. The zero-order valence-corrected chi connectivity index (χ0v) is 17.4. The summed E-state index contributed by atoms with van der Waals surface area (Å²) in [5.41, 5.74) is 3.07. The molecule has 1 N–H and O–H groups in total. The summed E-state index contributed by atoms with van der Waals surface area (Å²) < 4.78 is 2.02. The molecule has 152 valence electrons.